The molecule has 1 saturated heterocycles. The van der Waals surface area contributed by atoms with Crippen molar-refractivity contribution in [1.29, 1.82) is 0 Å². The zero-order chi connectivity index (χ0) is 10.9. The third-order valence-corrected chi connectivity index (χ3v) is 2.64. The van der Waals surface area contributed by atoms with E-state index in [0.29, 0.717) is 0 Å². The number of carbonyl (C=O) groups is 1. The van der Waals surface area contributed by atoms with Crippen molar-refractivity contribution in [3.05, 3.63) is 0 Å². The number of nitrogens with one attached hydrogen (secondary N) is 2. The van der Waals surface area contributed by atoms with Crippen LogP contribution in [0.2, 0.25) is 0 Å². The molecule has 0 spiro atoms. The van der Waals surface area contributed by atoms with Crippen LogP contribution in [-0.2, 0) is 9.53 Å². The van der Waals surface area contributed by atoms with E-state index in [-0.39, 0.29) is 11.8 Å². The van der Waals surface area contributed by atoms with Crippen molar-refractivity contribution in [2.45, 2.75) is 26.2 Å². The molecule has 0 aromatic carbocycles. The fourth-order valence-corrected chi connectivity index (χ4v) is 1.75. The van der Waals surface area contributed by atoms with Crippen molar-refractivity contribution >= 4 is 5.91 Å². The maximum atomic E-state index is 11.6. The normalized spacial score (nSPS) is 21.3. The fraction of sp³-hybridized carbons (Fsp3) is 0.909. The van der Waals surface area contributed by atoms with E-state index >= 15 is 0 Å². The summed E-state index contributed by atoms with van der Waals surface area (Å²) in [5.41, 5.74) is 0. The maximum Gasteiger partial charge on any atom is 0.224 e. The number of hydrogen-bond donors (Lipinski definition) is 2. The van der Waals surface area contributed by atoms with Gasteiger partial charge in [0.05, 0.1) is 5.92 Å². The Bertz CT molecular complexity index is 179. The SMILES string of the molecule is CCOCCCNC(=O)[C@@H]1CCCNC1. The van der Waals surface area contributed by atoms with Gasteiger partial charge in [-0.3, -0.25) is 4.79 Å². The van der Waals surface area contributed by atoms with E-state index < -0.39 is 0 Å². The first-order valence-electron chi connectivity index (χ1n) is 5.90. The fourth-order valence-electron chi connectivity index (χ4n) is 1.75. The van der Waals surface area contributed by atoms with Gasteiger partial charge in [-0.05, 0) is 32.7 Å². The molecule has 1 aliphatic heterocycles. The van der Waals surface area contributed by atoms with Crippen molar-refractivity contribution in [3.8, 4) is 0 Å². The number of carbonyl (C=O) groups excluding carboxylic acids is 1. The molecule has 0 bridgehead atoms. The van der Waals surface area contributed by atoms with Crippen molar-refractivity contribution in [2.75, 3.05) is 32.8 Å². The predicted molar refractivity (Wildman–Crippen MR) is 59.7 cm³/mol. The van der Waals surface area contributed by atoms with Crippen LogP contribution in [-0.4, -0.2) is 38.8 Å². The van der Waals surface area contributed by atoms with E-state index in [1.807, 2.05) is 6.92 Å². The predicted octanol–water partition coefficient (Wildman–Crippen LogP) is 0.529. The molecule has 1 rings (SSSR count). The van der Waals surface area contributed by atoms with Gasteiger partial charge in [0.2, 0.25) is 5.91 Å². The summed E-state index contributed by atoms with van der Waals surface area (Å²) in [5, 5.41) is 6.19. The summed E-state index contributed by atoms with van der Waals surface area (Å²) in [6.45, 7) is 6.08. The molecule has 1 aliphatic rings. The lowest BCUT2D eigenvalue weighted by molar-refractivity contribution is -0.125. The second-order valence-corrected chi connectivity index (χ2v) is 3.88. The molecule has 0 aliphatic carbocycles. The lowest BCUT2D eigenvalue weighted by Gasteiger charge is -2.21. The van der Waals surface area contributed by atoms with E-state index in [1.165, 1.54) is 0 Å². The standard InChI is InChI=1S/C11H22N2O2/c1-2-15-8-4-7-13-11(14)10-5-3-6-12-9-10/h10,12H,2-9H2,1H3,(H,13,14)/t10-/m1/s1. The summed E-state index contributed by atoms with van der Waals surface area (Å²) in [5.74, 6) is 0.365. The van der Waals surface area contributed by atoms with Gasteiger partial charge in [0, 0.05) is 26.3 Å². The minimum absolute atomic E-state index is 0.172. The Balaban J connectivity index is 2.02. The molecule has 1 amide bonds. The summed E-state index contributed by atoms with van der Waals surface area (Å²) >= 11 is 0. The summed E-state index contributed by atoms with van der Waals surface area (Å²) < 4.78 is 5.20. The quantitative estimate of drug-likeness (QED) is 0.634. The van der Waals surface area contributed by atoms with Gasteiger partial charge >= 0.3 is 0 Å². The van der Waals surface area contributed by atoms with Gasteiger partial charge in [-0.25, -0.2) is 0 Å². The van der Waals surface area contributed by atoms with Crippen LogP contribution < -0.4 is 10.6 Å². The zero-order valence-electron chi connectivity index (χ0n) is 9.55. The van der Waals surface area contributed by atoms with Gasteiger partial charge in [-0.2, -0.15) is 0 Å². The van der Waals surface area contributed by atoms with Crippen LogP contribution in [0.1, 0.15) is 26.2 Å². The van der Waals surface area contributed by atoms with Gasteiger partial charge < -0.3 is 15.4 Å². The second kappa shape index (κ2) is 7.65. The molecule has 1 fully saturated rings. The van der Waals surface area contributed by atoms with Gasteiger partial charge in [0.25, 0.3) is 0 Å². The molecule has 4 nitrogen and oxygen atoms in total. The Labute approximate surface area is 91.8 Å². The van der Waals surface area contributed by atoms with E-state index in [2.05, 4.69) is 10.6 Å². The van der Waals surface area contributed by atoms with Gasteiger partial charge in [0.15, 0.2) is 0 Å². The van der Waals surface area contributed by atoms with Crippen molar-refractivity contribution in [1.82, 2.24) is 10.6 Å². The highest BCUT2D eigenvalue weighted by Crippen LogP contribution is 2.09. The lowest BCUT2D eigenvalue weighted by atomic mass is 9.99. The maximum absolute atomic E-state index is 11.6. The average molecular weight is 214 g/mol. The van der Waals surface area contributed by atoms with Crippen molar-refractivity contribution < 1.29 is 9.53 Å². The van der Waals surface area contributed by atoms with E-state index in [0.717, 1.165) is 52.1 Å². The molecule has 1 heterocycles. The third kappa shape index (κ3) is 5.14. The Morgan fingerprint density at radius 2 is 2.47 bits per heavy atom. The van der Waals surface area contributed by atoms with E-state index in [9.17, 15) is 4.79 Å². The number of piperidine rings is 1. The van der Waals surface area contributed by atoms with E-state index in [1.54, 1.807) is 0 Å². The molecule has 15 heavy (non-hydrogen) atoms. The van der Waals surface area contributed by atoms with Gasteiger partial charge in [0.1, 0.15) is 0 Å². The Morgan fingerprint density at radius 1 is 1.60 bits per heavy atom. The lowest BCUT2D eigenvalue weighted by Crippen LogP contribution is -2.40. The first kappa shape index (κ1) is 12.5. The summed E-state index contributed by atoms with van der Waals surface area (Å²) in [6.07, 6.45) is 3.03. The molecule has 88 valence electrons. The van der Waals surface area contributed by atoms with Crippen LogP contribution in [0.25, 0.3) is 0 Å². The van der Waals surface area contributed by atoms with Crippen LogP contribution in [0.4, 0.5) is 0 Å². The summed E-state index contributed by atoms with van der Waals surface area (Å²) in [4.78, 5) is 11.6. The third-order valence-electron chi connectivity index (χ3n) is 2.64. The topological polar surface area (TPSA) is 50.4 Å². The molecule has 4 heteroatoms. The minimum atomic E-state index is 0.172. The first-order valence-corrected chi connectivity index (χ1v) is 5.90. The molecular formula is C11H22N2O2. The smallest absolute Gasteiger partial charge is 0.224 e. The minimum Gasteiger partial charge on any atom is -0.382 e. The summed E-state index contributed by atoms with van der Waals surface area (Å²) in [6, 6.07) is 0. The molecule has 0 aromatic heterocycles. The Hall–Kier alpha value is -0.610. The highest BCUT2D eigenvalue weighted by Gasteiger charge is 2.19. The van der Waals surface area contributed by atoms with E-state index in [4.69, 9.17) is 4.74 Å². The number of amides is 1. The van der Waals surface area contributed by atoms with Crippen LogP contribution in [0.5, 0.6) is 0 Å². The van der Waals surface area contributed by atoms with Crippen LogP contribution in [0.3, 0.4) is 0 Å². The molecule has 1 atom stereocenters. The second-order valence-electron chi connectivity index (χ2n) is 3.88. The van der Waals surface area contributed by atoms with Gasteiger partial charge in [-0.1, -0.05) is 0 Å². The van der Waals surface area contributed by atoms with Crippen molar-refractivity contribution in [3.63, 3.8) is 0 Å². The Morgan fingerprint density at radius 3 is 3.13 bits per heavy atom. The molecule has 0 aromatic rings. The number of ether oxygens (including phenoxy) is 1. The average Bonchev–Trinajstić information content (AvgIpc) is 2.30. The molecule has 0 saturated carbocycles. The van der Waals surface area contributed by atoms with Crippen LogP contribution >= 0.6 is 0 Å². The molecular weight excluding hydrogens is 192 g/mol. The van der Waals surface area contributed by atoms with Crippen molar-refractivity contribution in [2.24, 2.45) is 5.92 Å². The van der Waals surface area contributed by atoms with Gasteiger partial charge in [-0.15, -0.1) is 0 Å². The molecule has 0 radical (unpaired) electrons. The largest absolute Gasteiger partial charge is 0.382 e. The van der Waals surface area contributed by atoms with Crippen LogP contribution in [0.15, 0.2) is 0 Å². The first-order chi connectivity index (χ1) is 7.34. The Kier molecular flexibility index (Phi) is 6.36. The van der Waals surface area contributed by atoms with Crippen LogP contribution in [0, 0.1) is 5.92 Å². The highest BCUT2D eigenvalue weighted by atomic mass is 16.5. The number of hydrogen-bond acceptors (Lipinski definition) is 3. The monoisotopic (exact) mass is 214 g/mol. The summed E-state index contributed by atoms with van der Waals surface area (Å²) in [7, 11) is 0. The molecule has 2 N–H and O–H groups in total. The number of rotatable bonds is 6. The highest BCUT2D eigenvalue weighted by molar-refractivity contribution is 5.78. The zero-order valence-corrected chi connectivity index (χ0v) is 9.55. The molecule has 0 unspecified atom stereocenters.